The van der Waals surface area contributed by atoms with Crippen LogP contribution in [0, 0.1) is 5.41 Å². The lowest BCUT2D eigenvalue weighted by Gasteiger charge is -2.26. The summed E-state index contributed by atoms with van der Waals surface area (Å²) in [6.07, 6.45) is 6.45. The SMILES string of the molecule is COc1ncccc1CNCC1(CO)CCCC1. The first-order valence-electron chi connectivity index (χ1n) is 6.59. The Morgan fingerprint density at radius 2 is 2.22 bits per heavy atom. The zero-order chi connectivity index (χ0) is 12.8. The van der Waals surface area contributed by atoms with Crippen molar-refractivity contribution in [3.05, 3.63) is 23.9 Å². The van der Waals surface area contributed by atoms with Crippen molar-refractivity contribution >= 4 is 0 Å². The van der Waals surface area contributed by atoms with E-state index >= 15 is 0 Å². The smallest absolute Gasteiger partial charge is 0.217 e. The molecule has 100 valence electrons. The van der Waals surface area contributed by atoms with Crippen molar-refractivity contribution < 1.29 is 9.84 Å². The Bertz CT molecular complexity index is 376. The molecule has 0 saturated heterocycles. The molecule has 0 unspecified atom stereocenters. The molecule has 0 atom stereocenters. The highest BCUT2D eigenvalue weighted by atomic mass is 16.5. The minimum absolute atomic E-state index is 0.0927. The van der Waals surface area contributed by atoms with Gasteiger partial charge in [0.2, 0.25) is 5.88 Å². The zero-order valence-corrected chi connectivity index (χ0v) is 11.0. The van der Waals surface area contributed by atoms with Crippen molar-refractivity contribution in [2.75, 3.05) is 20.3 Å². The lowest BCUT2D eigenvalue weighted by Crippen LogP contribution is -2.34. The Balaban J connectivity index is 1.88. The van der Waals surface area contributed by atoms with E-state index in [1.165, 1.54) is 12.8 Å². The average Bonchev–Trinajstić information content (AvgIpc) is 2.89. The van der Waals surface area contributed by atoms with Gasteiger partial charge >= 0.3 is 0 Å². The van der Waals surface area contributed by atoms with E-state index in [9.17, 15) is 5.11 Å². The summed E-state index contributed by atoms with van der Waals surface area (Å²) >= 11 is 0. The molecule has 0 radical (unpaired) electrons. The third-order valence-corrected chi connectivity index (χ3v) is 3.86. The number of ether oxygens (including phenoxy) is 1. The van der Waals surface area contributed by atoms with Gasteiger partial charge in [-0.25, -0.2) is 4.98 Å². The third kappa shape index (κ3) is 3.00. The van der Waals surface area contributed by atoms with Crippen LogP contribution in [0.15, 0.2) is 18.3 Å². The number of pyridine rings is 1. The van der Waals surface area contributed by atoms with Crippen LogP contribution in [-0.4, -0.2) is 30.4 Å². The minimum atomic E-state index is 0.0927. The van der Waals surface area contributed by atoms with E-state index in [-0.39, 0.29) is 12.0 Å². The molecule has 1 heterocycles. The molecule has 0 aromatic carbocycles. The minimum Gasteiger partial charge on any atom is -0.481 e. The summed E-state index contributed by atoms with van der Waals surface area (Å²) in [5.74, 6) is 0.675. The topological polar surface area (TPSA) is 54.4 Å². The number of nitrogens with one attached hydrogen (secondary N) is 1. The Morgan fingerprint density at radius 1 is 1.44 bits per heavy atom. The molecular weight excluding hydrogens is 228 g/mol. The number of rotatable bonds is 6. The maximum Gasteiger partial charge on any atom is 0.217 e. The molecule has 0 spiro atoms. The summed E-state index contributed by atoms with van der Waals surface area (Å²) in [5, 5.41) is 13.0. The van der Waals surface area contributed by atoms with E-state index in [1.807, 2.05) is 12.1 Å². The van der Waals surface area contributed by atoms with Crippen LogP contribution in [-0.2, 0) is 6.54 Å². The first-order chi connectivity index (χ1) is 8.79. The van der Waals surface area contributed by atoms with E-state index in [0.717, 1.165) is 31.5 Å². The zero-order valence-electron chi connectivity index (χ0n) is 11.0. The summed E-state index contributed by atoms with van der Waals surface area (Å²) in [6.45, 7) is 1.88. The van der Waals surface area contributed by atoms with Gasteiger partial charge in [-0.1, -0.05) is 18.9 Å². The standard InChI is InChI=1S/C14H22N2O2/c1-18-13-12(5-4-8-16-13)9-15-10-14(11-17)6-2-3-7-14/h4-5,8,15,17H,2-3,6-7,9-11H2,1H3. The number of aliphatic hydroxyl groups excluding tert-OH is 1. The molecular formula is C14H22N2O2. The monoisotopic (exact) mass is 250 g/mol. The Labute approximate surface area is 108 Å². The largest absolute Gasteiger partial charge is 0.481 e. The molecule has 1 aromatic rings. The molecule has 2 rings (SSSR count). The van der Waals surface area contributed by atoms with Gasteiger partial charge in [-0.05, 0) is 18.9 Å². The summed E-state index contributed by atoms with van der Waals surface area (Å²) in [6, 6.07) is 3.93. The second-order valence-corrected chi connectivity index (χ2v) is 5.14. The highest BCUT2D eigenvalue weighted by Gasteiger charge is 2.32. The maximum absolute atomic E-state index is 9.54. The second-order valence-electron chi connectivity index (χ2n) is 5.14. The van der Waals surface area contributed by atoms with Crippen molar-refractivity contribution in [2.45, 2.75) is 32.2 Å². The number of hydrogen-bond donors (Lipinski definition) is 2. The van der Waals surface area contributed by atoms with Crippen molar-refractivity contribution in [2.24, 2.45) is 5.41 Å². The first kappa shape index (κ1) is 13.3. The normalized spacial score (nSPS) is 17.9. The second kappa shape index (κ2) is 6.16. The van der Waals surface area contributed by atoms with E-state index in [0.29, 0.717) is 5.88 Å². The van der Waals surface area contributed by atoms with Crippen LogP contribution in [0.3, 0.4) is 0 Å². The van der Waals surface area contributed by atoms with E-state index in [1.54, 1.807) is 13.3 Å². The van der Waals surface area contributed by atoms with Gasteiger partial charge in [0.1, 0.15) is 0 Å². The van der Waals surface area contributed by atoms with Gasteiger partial charge in [-0.2, -0.15) is 0 Å². The molecule has 0 bridgehead atoms. The number of hydrogen-bond acceptors (Lipinski definition) is 4. The van der Waals surface area contributed by atoms with E-state index in [2.05, 4.69) is 10.3 Å². The van der Waals surface area contributed by atoms with Crippen LogP contribution in [0.5, 0.6) is 5.88 Å². The molecule has 1 aliphatic rings. The molecule has 1 saturated carbocycles. The van der Waals surface area contributed by atoms with Gasteiger partial charge in [0, 0.05) is 36.9 Å². The number of nitrogens with zero attached hydrogens (tertiary/aromatic N) is 1. The lowest BCUT2D eigenvalue weighted by molar-refractivity contribution is 0.128. The van der Waals surface area contributed by atoms with Crippen molar-refractivity contribution in [3.8, 4) is 5.88 Å². The highest BCUT2D eigenvalue weighted by molar-refractivity contribution is 5.25. The number of aromatic nitrogens is 1. The Kier molecular flexibility index (Phi) is 4.55. The first-order valence-corrected chi connectivity index (χ1v) is 6.59. The van der Waals surface area contributed by atoms with Crippen LogP contribution < -0.4 is 10.1 Å². The summed E-state index contributed by atoms with van der Waals surface area (Å²) in [5.41, 5.74) is 1.15. The number of methoxy groups -OCH3 is 1. The number of aliphatic hydroxyl groups is 1. The van der Waals surface area contributed by atoms with Crippen molar-refractivity contribution in [1.82, 2.24) is 10.3 Å². The quantitative estimate of drug-likeness (QED) is 0.807. The van der Waals surface area contributed by atoms with Crippen LogP contribution >= 0.6 is 0 Å². The molecule has 0 amide bonds. The maximum atomic E-state index is 9.54. The van der Waals surface area contributed by atoms with Gasteiger partial charge in [0.25, 0.3) is 0 Å². The van der Waals surface area contributed by atoms with Crippen LogP contribution in [0.25, 0.3) is 0 Å². The highest BCUT2D eigenvalue weighted by Crippen LogP contribution is 2.36. The molecule has 1 aromatic heterocycles. The fraction of sp³-hybridized carbons (Fsp3) is 0.643. The molecule has 1 fully saturated rings. The molecule has 4 heteroatoms. The van der Waals surface area contributed by atoms with Gasteiger partial charge in [0.15, 0.2) is 0 Å². The fourth-order valence-corrected chi connectivity index (χ4v) is 2.72. The van der Waals surface area contributed by atoms with Crippen LogP contribution in [0.2, 0.25) is 0 Å². The van der Waals surface area contributed by atoms with Gasteiger partial charge in [-0.15, -0.1) is 0 Å². The van der Waals surface area contributed by atoms with Crippen molar-refractivity contribution in [1.29, 1.82) is 0 Å². The Morgan fingerprint density at radius 3 is 2.89 bits per heavy atom. The molecule has 1 aliphatic carbocycles. The van der Waals surface area contributed by atoms with Gasteiger partial charge in [0.05, 0.1) is 7.11 Å². The summed E-state index contributed by atoms with van der Waals surface area (Å²) in [7, 11) is 1.64. The summed E-state index contributed by atoms with van der Waals surface area (Å²) in [4.78, 5) is 4.17. The average molecular weight is 250 g/mol. The van der Waals surface area contributed by atoms with E-state index in [4.69, 9.17) is 4.74 Å². The van der Waals surface area contributed by atoms with Crippen molar-refractivity contribution in [3.63, 3.8) is 0 Å². The molecule has 4 nitrogen and oxygen atoms in total. The van der Waals surface area contributed by atoms with E-state index < -0.39 is 0 Å². The lowest BCUT2D eigenvalue weighted by atomic mass is 9.87. The fourth-order valence-electron chi connectivity index (χ4n) is 2.72. The van der Waals surface area contributed by atoms with Gasteiger partial charge in [-0.3, -0.25) is 0 Å². The molecule has 2 N–H and O–H groups in total. The van der Waals surface area contributed by atoms with Crippen LogP contribution in [0.4, 0.5) is 0 Å². The summed E-state index contributed by atoms with van der Waals surface area (Å²) < 4.78 is 5.22. The Hall–Kier alpha value is -1.13. The molecule has 18 heavy (non-hydrogen) atoms. The predicted molar refractivity (Wildman–Crippen MR) is 70.5 cm³/mol. The predicted octanol–water partition coefficient (Wildman–Crippen LogP) is 1.73. The van der Waals surface area contributed by atoms with Crippen LogP contribution in [0.1, 0.15) is 31.2 Å². The molecule has 0 aliphatic heterocycles. The third-order valence-electron chi connectivity index (χ3n) is 3.86. The van der Waals surface area contributed by atoms with Gasteiger partial charge < -0.3 is 15.2 Å².